The number of aliphatic hydroxyl groups excluding tert-OH is 1. The first-order valence-electron chi connectivity index (χ1n) is 10.3. The van der Waals surface area contributed by atoms with Crippen molar-refractivity contribution in [2.75, 3.05) is 0 Å². The molecular formula is C24H28N2O5. The fraction of sp³-hybridized carbons (Fsp3) is 0.417. The number of hydrazone groups is 1. The molecule has 3 rings (SSSR count). The number of Topliss-reactive ketones (excluding diaryl/α,β-unsaturated/α-hetero) is 1. The lowest BCUT2D eigenvalue weighted by Gasteiger charge is -2.35. The molecule has 1 amide bonds. The fourth-order valence-corrected chi connectivity index (χ4v) is 4.30. The number of carboxylic acids is 1. The van der Waals surface area contributed by atoms with E-state index in [0.29, 0.717) is 6.42 Å². The minimum atomic E-state index is -1.67. The zero-order valence-corrected chi connectivity index (χ0v) is 18.0. The summed E-state index contributed by atoms with van der Waals surface area (Å²) < 4.78 is 0. The van der Waals surface area contributed by atoms with Crippen LogP contribution < -0.4 is 5.43 Å². The Balaban J connectivity index is 1.81. The zero-order valence-electron chi connectivity index (χ0n) is 18.0. The predicted molar refractivity (Wildman–Crippen MR) is 117 cm³/mol. The standard InChI is InChI=1S/C24H28N2O5/c1-15-9-10-24(22(30)31,11-17(15)16-7-5-4-6-8-16)21(29)26-25-14-18-19(27)12-23(2,3)13-20(18)28/h4-9,14,17,27H,10-13H2,1-3H3,(H,26,29)(H,30,31)/b25-14-/t17-,24+/m1/s1. The molecule has 1 aromatic carbocycles. The van der Waals surface area contributed by atoms with Crippen molar-refractivity contribution >= 4 is 23.9 Å². The van der Waals surface area contributed by atoms with Crippen LogP contribution in [0.4, 0.5) is 0 Å². The number of hydrogen-bond donors (Lipinski definition) is 3. The van der Waals surface area contributed by atoms with Gasteiger partial charge in [0.05, 0.1) is 11.8 Å². The van der Waals surface area contributed by atoms with E-state index in [1.807, 2.05) is 51.1 Å². The van der Waals surface area contributed by atoms with Crippen LogP contribution in [0.2, 0.25) is 0 Å². The number of hydrogen-bond acceptors (Lipinski definition) is 5. The Kier molecular flexibility index (Phi) is 6.15. The first kappa shape index (κ1) is 22.5. The highest BCUT2D eigenvalue weighted by atomic mass is 16.4. The molecule has 0 saturated heterocycles. The summed E-state index contributed by atoms with van der Waals surface area (Å²) in [5.74, 6) is -2.51. The normalized spacial score (nSPS) is 26.0. The average Bonchev–Trinajstić information content (AvgIpc) is 2.70. The van der Waals surface area contributed by atoms with Gasteiger partial charge in [0.1, 0.15) is 5.76 Å². The largest absolute Gasteiger partial charge is 0.511 e. The molecule has 0 saturated carbocycles. The number of carbonyl (C=O) groups is 3. The second-order valence-electron chi connectivity index (χ2n) is 9.21. The van der Waals surface area contributed by atoms with Crippen molar-refractivity contribution in [3.63, 3.8) is 0 Å². The number of benzene rings is 1. The van der Waals surface area contributed by atoms with E-state index >= 15 is 0 Å². The third kappa shape index (κ3) is 4.60. The van der Waals surface area contributed by atoms with Crippen LogP contribution in [0.15, 0.2) is 58.4 Å². The van der Waals surface area contributed by atoms with Gasteiger partial charge in [0.25, 0.3) is 5.91 Å². The molecule has 3 N–H and O–H groups in total. The Labute approximate surface area is 181 Å². The van der Waals surface area contributed by atoms with E-state index in [4.69, 9.17) is 0 Å². The monoisotopic (exact) mass is 424 g/mol. The lowest BCUT2D eigenvalue weighted by atomic mass is 9.68. The van der Waals surface area contributed by atoms with Gasteiger partial charge in [0, 0.05) is 18.8 Å². The third-order valence-corrected chi connectivity index (χ3v) is 6.18. The van der Waals surface area contributed by atoms with Gasteiger partial charge in [-0.1, -0.05) is 55.8 Å². The molecule has 31 heavy (non-hydrogen) atoms. The molecule has 0 unspecified atom stereocenters. The highest BCUT2D eigenvalue weighted by Crippen LogP contribution is 2.44. The lowest BCUT2D eigenvalue weighted by Crippen LogP contribution is -2.47. The smallest absolute Gasteiger partial charge is 0.319 e. The molecule has 0 aliphatic heterocycles. The highest BCUT2D eigenvalue weighted by Gasteiger charge is 2.49. The topological polar surface area (TPSA) is 116 Å². The van der Waals surface area contributed by atoms with E-state index in [2.05, 4.69) is 10.5 Å². The molecule has 1 aromatic rings. The minimum absolute atomic E-state index is 0.0468. The van der Waals surface area contributed by atoms with Gasteiger partial charge in [0.15, 0.2) is 11.2 Å². The van der Waals surface area contributed by atoms with E-state index in [0.717, 1.165) is 17.4 Å². The molecule has 0 radical (unpaired) electrons. The number of carboxylic acid groups (broad SMARTS) is 1. The molecule has 0 bridgehead atoms. The number of allylic oxidation sites excluding steroid dienone is 4. The molecule has 0 spiro atoms. The fourth-order valence-electron chi connectivity index (χ4n) is 4.30. The van der Waals surface area contributed by atoms with Gasteiger partial charge in [-0.2, -0.15) is 5.10 Å². The van der Waals surface area contributed by atoms with E-state index in [9.17, 15) is 24.6 Å². The second kappa shape index (κ2) is 8.49. The number of amides is 1. The van der Waals surface area contributed by atoms with Crippen LogP contribution in [0, 0.1) is 10.8 Å². The van der Waals surface area contributed by atoms with E-state index in [-0.39, 0.29) is 47.7 Å². The number of aliphatic hydroxyl groups is 1. The van der Waals surface area contributed by atoms with Crippen LogP contribution in [0.25, 0.3) is 0 Å². The maximum absolute atomic E-state index is 13.0. The highest BCUT2D eigenvalue weighted by molar-refractivity contribution is 6.14. The maximum atomic E-state index is 13.0. The first-order valence-corrected chi connectivity index (χ1v) is 10.3. The Morgan fingerprint density at radius 3 is 2.48 bits per heavy atom. The summed E-state index contributed by atoms with van der Waals surface area (Å²) in [5.41, 5.74) is 2.29. The van der Waals surface area contributed by atoms with Crippen molar-refractivity contribution < 1.29 is 24.6 Å². The van der Waals surface area contributed by atoms with Crippen molar-refractivity contribution in [2.45, 2.75) is 52.4 Å². The van der Waals surface area contributed by atoms with Gasteiger partial charge in [-0.3, -0.25) is 14.4 Å². The van der Waals surface area contributed by atoms with Crippen LogP contribution in [-0.4, -0.2) is 34.1 Å². The molecule has 2 aliphatic rings. The van der Waals surface area contributed by atoms with Crippen LogP contribution in [0.3, 0.4) is 0 Å². The van der Waals surface area contributed by atoms with Crippen LogP contribution in [0.1, 0.15) is 57.9 Å². The van der Waals surface area contributed by atoms with Gasteiger partial charge in [-0.25, -0.2) is 5.43 Å². The van der Waals surface area contributed by atoms with E-state index in [1.54, 1.807) is 6.08 Å². The molecule has 0 fully saturated rings. The molecule has 7 heteroatoms. The van der Waals surface area contributed by atoms with Gasteiger partial charge < -0.3 is 10.2 Å². The number of aliphatic carboxylic acids is 1. The van der Waals surface area contributed by atoms with Gasteiger partial charge >= 0.3 is 5.97 Å². The van der Waals surface area contributed by atoms with Crippen molar-refractivity contribution in [3.8, 4) is 0 Å². The van der Waals surface area contributed by atoms with Crippen molar-refractivity contribution in [1.29, 1.82) is 0 Å². The van der Waals surface area contributed by atoms with Crippen molar-refractivity contribution in [3.05, 3.63) is 58.9 Å². The minimum Gasteiger partial charge on any atom is -0.511 e. The summed E-state index contributed by atoms with van der Waals surface area (Å²) in [7, 11) is 0. The molecule has 0 heterocycles. The van der Waals surface area contributed by atoms with Crippen molar-refractivity contribution in [1.82, 2.24) is 5.43 Å². The summed E-state index contributed by atoms with van der Waals surface area (Å²) >= 11 is 0. The Morgan fingerprint density at radius 1 is 1.19 bits per heavy atom. The molecule has 2 atom stereocenters. The number of nitrogens with one attached hydrogen (secondary N) is 1. The number of ketones is 1. The number of carbonyl (C=O) groups excluding carboxylic acids is 2. The SMILES string of the molecule is CC1=CC[C@@](C(=O)O)(C(=O)N/N=C\C2=C(O)CC(C)(C)CC2=O)C[C@H]1c1ccccc1. The van der Waals surface area contributed by atoms with Crippen LogP contribution in [0.5, 0.6) is 0 Å². The molecule has 0 aromatic heterocycles. The van der Waals surface area contributed by atoms with E-state index < -0.39 is 17.3 Å². The Hall–Kier alpha value is -3.22. The van der Waals surface area contributed by atoms with Gasteiger partial charge in [-0.05, 0) is 30.7 Å². The molecule has 164 valence electrons. The van der Waals surface area contributed by atoms with E-state index in [1.165, 1.54) is 0 Å². The molecular weight excluding hydrogens is 396 g/mol. The van der Waals surface area contributed by atoms with Crippen LogP contribution in [-0.2, 0) is 14.4 Å². The maximum Gasteiger partial charge on any atom is 0.319 e. The lowest BCUT2D eigenvalue weighted by molar-refractivity contribution is -0.157. The zero-order chi connectivity index (χ0) is 22.8. The number of nitrogens with zero attached hydrogens (tertiary/aromatic N) is 1. The van der Waals surface area contributed by atoms with Crippen LogP contribution >= 0.6 is 0 Å². The Bertz CT molecular complexity index is 990. The summed E-state index contributed by atoms with van der Waals surface area (Å²) in [6.45, 7) is 5.70. The predicted octanol–water partition coefficient (Wildman–Crippen LogP) is 3.88. The Morgan fingerprint density at radius 2 is 1.87 bits per heavy atom. The summed E-state index contributed by atoms with van der Waals surface area (Å²) in [5, 5.41) is 23.9. The molecule has 7 nitrogen and oxygen atoms in total. The molecule has 2 aliphatic carbocycles. The van der Waals surface area contributed by atoms with Crippen molar-refractivity contribution in [2.24, 2.45) is 15.9 Å². The first-order chi connectivity index (χ1) is 14.6. The summed E-state index contributed by atoms with van der Waals surface area (Å²) in [6, 6.07) is 9.48. The number of rotatable bonds is 5. The van der Waals surface area contributed by atoms with Gasteiger partial charge in [0.2, 0.25) is 0 Å². The summed E-state index contributed by atoms with van der Waals surface area (Å²) in [4.78, 5) is 37.4. The quantitative estimate of drug-likeness (QED) is 0.287. The third-order valence-electron chi connectivity index (χ3n) is 6.18. The average molecular weight is 424 g/mol. The second-order valence-corrected chi connectivity index (χ2v) is 9.21. The van der Waals surface area contributed by atoms with Gasteiger partial charge in [-0.15, -0.1) is 0 Å². The summed E-state index contributed by atoms with van der Waals surface area (Å²) in [6.07, 6.45) is 3.65.